The molecule has 0 saturated carbocycles. The van der Waals surface area contributed by atoms with E-state index in [2.05, 4.69) is 4.90 Å². The van der Waals surface area contributed by atoms with Crippen LogP contribution < -0.4 is 0 Å². The molecule has 1 atom stereocenters. The molecule has 0 radical (unpaired) electrons. The first kappa shape index (κ1) is 12.1. The van der Waals surface area contributed by atoms with E-state index in [1.165, 1.54) is 0 Å². The Morgan fingerprint density at radius 1 is 1.47 bits per heavy atom. The van der Waals surface area contributed by atoms with Gasteiger partial charge in [0.1, 0.15) is 11.5 Å². The zero-order valence-corrected chi connectivity index (χ0v) is 10.2. The van der Waals surface area contributed by atoms with Crippen LogP contribution in [0.15, 0.2) is 24.3 Å². The second-order valence-electron chi connectivity index (χ2n) is 4.76. The van der Waals surface area contributed by atoms with Crippen LogP contribution in [0.3, 0.4) is 0 Å². The lowest BCUT2D eigenvalue weighted by atomic mass is 9.98. The summed E-state index contributed by atoms with van der Waals surface area (Å²) in [6.07, 6.45) is 3.26. The van der Waals surface area contributed by atoms with Crippen LogP contribution in [-0.2, 0) is 11.3 Å². The van der Waals surface area contributed by atoms with Crippen molar-refractivity contribution in [2.45, 2.75) is 38.8 Å². The average Bonchev–Trinajstić information content (AvgIpc) is 2.29. The van der Waals surface area contributed by atoms with Crippen LogP contribution in [-0.4, -0.2) is 28.4 Å². The van der Waals surface area contributed by atoms with Crippen LogP contribution >= 0.6 is 0 Å². The lowest BCUT2D eigenvalue weighted by Crippen LogP contribution is -2.43. The van der Waals surface area contributed by atoms with E-state index in [0.717, 1.165) is 37.9 Å². The molecule has 3 nitrogen and oxygen atoms in total. The standard InChI is InChI=1S/C14H19NO2/c1-11(16)14-7-2-3-8-15(14)10-12-5-4-6-13(17)9-12/h4-6,9,14,17H,2-3,7-8,10H2,1H3. The van der Waals surface area contributed by atoms with Crippen molar-refractivity contribution in [2.75, 3.05) is 6.54 Å². The van der Waals surface area contributed by atoms with E-state index in [4.69, 9.17) is 0 Å². The van der Waals surface area contributed by atoms with Crippen molar-refractivity contribution in [2.24, 2.45) is 0 Å². The number of ketones is 1. The van der Waals surface area contributed by atoms with Crippen molar-refractivity contribution in [3.8, 4) is 5.75 Å². The second kappa shape index (κ2) is 5.32. The highest BCUT2D eigenvalue weighted by molar-refractivity contribution is 5.81. The Morgan fingerprint density at radius 3 is 3.00 bits per heavy atom. The van der Waals surface area contributed by atoms with Crippen molar-refractivity contribution in [1.29, 1.82) is 0 Å². The van der Waals surface area contributed by atoms with Crippen LogP contribution in [0.1, 0.15) is 31.7 Å². The van der Waals surface area contributed by atoms with Gasteiger partial charge in [0.25, 0.3) is 0 Å². The molecule has 1 heterocycles. The number of carbonyl (C=O) groups is 1. The Morgan fingerprint density at radius 2 is 2.29 bits per heavy atom. The van der Waals surface area contributed by atoms with Gasteiger partial charge in [-0.25, -0.2) is 0 Å². The first-order valence-electron chi connectivity index (χ1n) is 6.19. The van der Waals surface area contributed by atoms with Crippen LogP contribution in [0.5, 0.6) is 5.75 Å². The molecule has 0 aliphatic carbocycles. The molecular weight excluding hydrogens is 214 g/mol. The number of likely N-dealkylation sites (tertiary alicyclic amines) is 1. The highest BCUT2D eigenvalue weighted by Gasteiger charge is 2.25. The molecule has 1 aliphatic rings. The maximum absolute atomic E-state index is 11.6. The predicted molar refractivity (Wildman–Crippen MR) is 66.8 cm³/mol. The monoisotopic (exact) mass is 233 g/mol. The molecule has 0 bridgehead atoms. The largest absolute Gasteiger partial charge is 0.508 e. The quantitative estimate of drug-likeness (QED) is 0.871. The van der Waals surface area contributed by atoms with Gasteiger partial charge in [0, 0.05) is 6.54 Å². The van der Waals surface area contributed by atoms with Gasteiger partial charge in [-0.2, -0.15) is 0 Å². The van der Waals surface area contributed by atoms with Gasteiger partial charge >= 0.3 is 0 Å². The number of benzene rings is 1. The first-order valence-corrected chi connectivity index (χ1v) is 6.19. The Balaban J connectivity index is 2.08. The normalized spacial score (nSPS) is 21.4. The number of carbonyl (C=O) groups excluding carboxylic acids is 1. The number of phenols is 1. The van der Waals surface area contributed by atoms with Crippen LogP contribution in [0, 0.1) is 0 Å². The summed E-state index contributed by atoms with van der Waals surface area (Å²) in [5, 5.41) is 9.43. The zero-order valence-electron chi connectivity index (χ0n) is 10.2. The molecule has 1 saturated heterocycles. The third-order valence-corrected chi connectivity index (χ3v) is 3.38. The number of rotatable bonds is 3. The maximum atomic E-state index is 11.6. The van der Waals surface area contributed by atoms with Gasteiger partial charge in [-0.1, -0.05) is 18.6 Å². The highest BCUT2D eigenvalue weighted by atomic mass is 16.3. The number of hydrogen-bond donors (Lipinski definition) is 1. The van der Waals surface area contributed by atoms with Gasteiger partial charge in [0.15, 0.2) is 0 Å². The summed E-state index contributed by atoms with van der Waals surface area (Å²) in [5.41, 5.74) is 1.07. The van der Waals surface area contributed by atoms with Gasteiger partial charge in [-0.15, -0.1) is 0 Å². The number of nitrogens with zero attached hydrogens (tertiary/aromatic N) is 1. The summed E-state index contributed by atoms with van der Waals surface area (Å²) in [6, 6.07) is 7.34. The summed E-state index contributed by atoms with van der Waals surface area (Å²) < 4.78 is 0. The summed E-state index contributed by atoms with van der Waals surface area (Å²) >= 11 is 0. The minimum absolute atomic E-state index is 0.0612. The lowest BCUT2D eigenvalue weighted by molar-refractivity contribution is -0.123. The summed E-state index contributed by atoms with van der Waals surface area (Å²) in [7, 11) is 0. The molecule has 1 aromatic carbocycles. The summed E-state index contributed by atoms with van der Waals surface area (Å²) in [4.78, 5) is 13.8. The van der Waals surface area contributed by atoms with E-state index in [-0.39, 0.29) is 11.8 Å². The Bertz CT molecular complexity index is 403. The number of phenolic OH excluding ortho intramolecular Hbond substituents is 1. The van der Waals surface area contributed by atoms with Crippen LogP contribution in [0.2, 0.25) is 0 Å². The number of aromatic hydroxyl groups is 1. The number of hydrogen-bond acceptors (Lipinski definition) is 3. The van der Waals surface area contributed by atoms with E-state index in [1.807, 2.05) is 12.1 Å². The smallest absolute Gasteiger partial charge is 0.146 e. The van der Waals surface area contributed by atoms with E-state index in [0.29, 0.717) is 5.75 Å². The third-order valence-electron chi connectivity index (χ3n) is 3.38. The Labute approximate surface area is 102 Å². The Hall–Kier alpha value is -1.35. The minimum atomic E-state index is 0.0612. The van der Waals surface area contributed by atoms with Gasteiger partial charge in [0.05, 0.1) is 6.04 Å². The van der Waals surface area contributed by atoms with E-state index in [9.17, 15) is 9.90 Å². The van der Waals surface area contributed by atoms with E-state index >= 15 is 0 Å². The van der Waals surface area contributed by atoms with Crippen LogP contribution in [0.4, 0.5) is 0 Å². The van der Waals surface area contributed by atoms with Crippen molar-refractivity contribution < 1.29 is 9.90 Å². The third kappa shape index (κ3) is 3.07. The molecule has 1 aromatic rings. The average molecular weight is 233 g/mol. The fourth-order valence-corrected chi connectivity index (χ4v) is 2.53. The molecule has 1 fully saturated rings. The second-order valence-corrected chi connectivity index (χ2v) is 4.76. The topological polar surface area (TPSA) is 40.5 Å². The van der Waals surface area contributed by atoms with Gasteiger partial charge in [-0.3, -0.25) is 9.69 Å². The molecule has 3 heteroatoms. The van der Waals surface area contributed by atoms with Crippen molar-refractivity contribution >= 4 is 5.78 Å². The van der Waals surface area contributed by atoms with E-state index < -0.39 is 0 Å². The van der Waals surface area contributed by atoms with Crippen molar-refractivity contribution in [1.82, 2.24) is 4.90 Å². The molecule has 17 heavy (non-hydrogen) atoms. The predicted octanol–water partition coefficient (Wildman–Crippen LogP) is 2.34. The molecule has 1 aliphatic heterocycles. The summed E-state index contributed by atoms with van der Waals surface area (Å²) in [5.74, 6) is 0.545. The van der Waals surface area contributed by atoms with Crippen LogP contribution in [0.25, 0.3) is 0 Å². The van der Waals surface area contributed by atoms with E-state index in [1.54, 1.807) is 19.1 Å². The Kier molecular flexibility index (Phi) is 3.79. The number of Topliss-reactive ketones (excluding diaryl/α,β-unsaturated/α-hetero) is 1. The molecule has 1 unspecified atom stereocenters. The zero-order chi connectivity index (χ0) is 12.3. The summed E-state index contributed by atoms with van der Waals surface area (Å²) in [6.45, 7) is 3.39. The molecule has 0 aromatic heterocycles. The van der Waals surface area contributed by atoms with Crippen molar-refractivity contribution in [3.05, 3.63) is 29.8 Å². The van der Waals surface area contributed by atoms with Gasteiger partial charge in [-0.05, 0) is 44.0 Å². The maximum Gasteiger partial charge on any atom is 0.146 e. The molecule has 0 amide bonds. The first-order chi connectivity index (χ1) is 8.16. The molecular formula is C14H19NO2. The number of piperidine rings is 1. The molecule has 2 rings (SSSR count). The molecule has 92 valence electrons. The van der Waals surface area contributed by atoms with Gasteiger partial charge in [0.2, 0.25) is 0 Å². The fraction of sp³-hybridized carbons (Fsp3) is 0.500. The molecule has 1 N–H and O–H groups in total. The van der Waals surface area contributed by atoms with Gasteiger partial charge < -0.3 is 5.11 Å². The minimum Gasteiger partial charge on any atom is -0.508 e. The lowest BCUT2D eigenvalue weighted by Gasteiger charge is -2.34. The fourth-order valence-electron chi connectivity index (χ4n) is 2.53. The SMILES string of the molecule is CC(=O)C1CCCCN1Cc1cccc(O)c1. The molecule has 0 spiro atoms. The highest BCUT2D eigenvalue weighted by Crippen LogP contribution is 2.21. The van der Waals surface area contributed by atoms with Crippen molar-refractivity contribution in [3.63, 3.8) is 0 Å².